The summed E-state index contributed by atoms with van der Waals surface area (Å²) in [5.41, 5.74) is 0.917. The van der Waals surface area contributed by atoms with Gasteiger partial charge in [0.1, 0.15) is 24.7 Å². The van der Waals surface area contributed by atoms with Gasteiger partial charge >= 0.3 is 0 Å². The Morgan fingerprint density at radius 1 is 1.03 bits per heavy atom. The Bertz CT molecular complexity index is 1230. The first-order valence-electron chi connectivity index (χ1n) is 9.99. The molecule has 1 N–H and O–H groups in total. The van der Waals surface area contributed by atoms with E-state index in [1.165, 1.54) is 11.2 Å². The van der Waals surface area contributed by atoms with Crippen LogP contribution in [0.1, 0.15) is 22.9 Å². The third-order valence-corrected chi connectivity index (χ3v) is 5.66. The molecule has 3 heterocycles. The van der Waals surface area contributed by atoms with Gasteiger partial charge in [0.15, 0.2) is 11.5 Å². The Balaban J connectivity index is 1.64. The van der Waals surface area contributed by atoms with Crippen LogP contribution in [0.3, 0.4) is 0 Å². The lowest BCUT2D eigenvalue weighted by molar-refractivity contribution is -0.140. The van der Waals surface area contributed by atoms with E-state index in [-0.39, 0.29) is 17.9 Å². The molecule has 0 aliphatic carbocycles. The van der Waals surface area contributed by atoms with Gasteiger partial charge < -0.3 is 23.9 Å². The average Bonchev–Trinajstić information content (AvgIpc) is 3.41. The third kappa shape index (κ3) is 3.50. The van der Waals surface area contributed by atoms with Crippen LogP contribution in [0.2, 0.25) is 5.02 Å². The molecule has 0 bridgehead atoms. The van der Waals surface area contributed by atoms with E-state index in [0.29, 0.717) is 46.6 Å². The van der Waals surface area contributed by atoms with Crippen LogP contribution >= 0.6 is 11.6 Å². The SMILES string of the molecule is O=C1C(=O)N(Cc2ccco2)C(c2cccc(Cl)c2)/C1=C(/O)c1ccc2c(c1)OCCO2. The van der Waals surface area contributed by atoms with Crippen molar-refractivity contribution in [3.63, 3.8) is 0 Å². The van der Waals surface area contributed by atoms with Crippen LogP contribution in [-0.2, 0) is 16.1 Å². The number of hydrogen-bond acceptors (Lipinski definition) is 6. The maximum absolute atomic E-state index is 13.1. The summed E-state index contributed by atoms with van der Waals surface area (Å²) in [6, 6.07) is 14.3. The normalized spacial score (nSPS) is 19.4. The van der Waals surface area contributed by atoms with Crippen molar-refractivity contribution in [1.29, 1.82) is 0 Å². The fraction of sp³-hybridized carbons (Fsp3) is 0.167. The molecule has 5 rings (SSSR count). The summed E-state index contributed by atoms with van der Waals surface area (Å²) in [6.07, 6.45) is 1.50. The first-order chi connectivity index (χ1) is 15.5. The third-order valence-electron chi connectivity index (χ3n) is 5.43. The number of ether oxygens (including phenoxy) is 2. The van der Waals surface area contributed by atoms with Crippen LogP contribution in [0.15, 0.2) is 70.9 Å². The van der Waals surface area contributed by atoms with Crippen LogP contribution in [-0.4, -0.2) is 34.9 Å². The Labute approximate surface area is 188 Å². The quantitative estimate of drug-likeness (QED) is 0.361. The number of benzene rings is 2. The zero-order valence-corrected chi connectivity index (χ0v) is 17.5. The van der Waals surface area contributed by atoms with Crippen molar-refractivity contribution in [2.45, 2.75) is 12.6 Å². The van der Waals surface area contributed by atoms with Crippen LogP contribution in [0.4, 0.5) is 0 Å². The highest BCUT2D eigenvalue weighted by molar-refractivity contribution is 6.46. The van der Waals surface area contributed by atoms with Gasteiger partial charge in [-0.2, -0.15) is 0 Å². The molecule has 1 fully saturated rings. The summed E-state index contributed by atoms with van der Waals surface area (Å²) >= 11 is 6.19. The van der Waals surface area contributed by atoms with E-state index in [0.717, 1.165) is 0 Å². The summed E-state index contributed by atoms with van der Waals surface area (Å²) in [4.78, 5) is 27.5. The van der Waals surface area contributed by atoms with Crippen molar-refractivity contribution in [3.05, 3.63) is 88.3 Å². The lowest BCUT2D eigenvalue weighted by Crippen LogP contribution is -2.29. The van der Waals surface area contributed by atoms with Crippen LogP contribution in [0.5, 0.6) is 11.5 Å². The zero-order chi connectivity index (χ0) is 22.2. The van der Waals surface area contributed by atoms with Crippen molar-refractivity contribution >= 4 is 29.1 Å². The summed E-state index contributed by atoms with van der Waals surface area (Å²) in [5, 5.41) is 11.6. The van der Waals surface area contributed by atoms with Gasteiger partial charge in [-0.25, -0.2) is 0 Å². The first kappa shape index (κ1) is 20.2. The number of hydrogen-bond donors (Lipinski definition) is 1. The maximum atomic E-state index is 13.1. The molecule has 0 saturated carbocycles. The van der Waals surface area contributed by atoms with E-state index < -0.39 is 17.7 Å². The van der Waals surface area contributed by atoms with E-state index in [2.05, 4.69) is 0 Å². The largest absolute Gasteiger partial charge is 0.507 e. The highest BCUT2D eigenvalue weighted by Gasteiger charge is 2.46. The highest BCUT2D eigenvalue weighted by Crippen LogP contribution is 2.42. The molecule has 1 saturated heterocycles. The van der Waals surface area contributed by atoms with Gasteiger partial charge in [-0.15, -0.1) is 0 Å². The number of fused-ring (bicyclic) bond motifs is 1. The predicted octanol–water partition coefficient (Wildman–Crippen LogP) is 4.33. The number of nitrogens with zero attached hydrogens (tertiary/aromatic N) is 1. The number of Topliss-reactive ketones (excluding diaryl/α,β-unsaturated/α-hetero) is 1. The molecule has 1 aromatic heterocycles. The zero-order valence-electron chi connectivity index (χ0n) is 16.8. The van der Waals surface area contributed by atoms with E-state index >= 15 is 0 Å². The number of carbonyl (C=O) groups excluding carboxylic acids is 2. The Morgan fingerprint density at radius 3 is 2.59 bits per heavy atom. The average molecular weight is 452 g/mol. The van der Waals surface area contributed by atoms with Crippen molar-refractivity contribution in [2.24, 2.45) is 0 Å². The molecule has 0 spiro atoms. The molecule has 8 heteroatoms. The Kier molecular flexibility index (Phi) is 5.11. The van der Waals surface area contributed by atoms with Crippen LogP contribution < -0.4 is 9.47 Å². The molecule has 1 unspecified atom stereocenters. The second-order valence-corrected chi connectivity index (χ2v) is 7.86. The molecule has 2 aromatic carbocycles. The topological polar surface area (TPSA) is 89.2 Å². The number of aliphatic hydroxyl groups is 1. The van der Waals surface area contributed by atoms with Gasteiger partial charge in [0.2, 0.25) is 0 Å². The van der Waals surface area contributed by atoms with Crippen LogP contribution in [0, 0.1) is 0 Å². The van der Waals surface area contributed by atoms with Gasteiger partial charge in [-0.1, -0.05) is 23.7 Å². The predicted molar refractivity (Wildman–Crippen MR) is 115 cm³/mol. The molecular formula is C24H18ClNO6. The number of likely N-dealkylation sites (tertiary alicyclic amines) is 1. The van der Waals surface area contributed by atoms with Crippen molar-refractivity contribution in [1.82, 2.24) is 4.90 Å². The standard InChI is InChI=1S/C24H18ClNO6/c25-16-4-1-3-14(11-16)21-20(23(28)24(29)26(21)13-17-5-2-8-30-17)22(27)15-6-7-18-19(12-15)32-10-9-31-18/h1-8,11-12,21,27H,9-10,13H2/b22-20-. The van der Waals surface area contributed by atoms with Gasteiger partial charge in [0, 0.05) is 10.6 Å². The molecular weight excluding hydrogens is 434 g/mol. The monoisotopic (exact) mass is 451 g/mol. The molecule has 0 radical (unpaired) electrons. The summed E-state index contributed by atoms with van der Waals surface area (Å²) in [6.45, 7) is 0.880. The molecule has 1 amide bonds. The number of carbonyl (C=O) groups is 2. The molecule has 2 aliphatic heterocycles. The van der Waals surface area contributed by atoms with Gasteiger partial charge in [-0.3, -0.25) is 9.59 Å². The maximum Gasteiger partial charge on any atom is 0.296 e. The minimum atomic E-state index is -0.841. The lowest BCUT2D eigenvalue weighted by Gasteiger charge is -2.25. The number of rotatable bonds is 4. The molecule has 7 nitrogen and oxygen atoms in total. The number of aliphatic hydroxyl groups excluding tert-OH is 1. The smallest absolute Gasteiger partial charge is 0.296 e. The molecule has 162 valence electrons. The van der Waals surface area contributed by atoms with Crippen LogP contribution in [0.25, 0.3) is 5.76 Å². The molecule has 3 aromatic rings. The first-order valence-corrected chi connectivity index (χ1v) is 10.4. The summed E-state index contributed by atoms with van der Waals surface area (Å²) < 4.78 is 16.5. The molecule has 2 aliphatic rings. The van der Waals surface area contributed by atoms with E-state index in [1.807, 2.05) is 0 Å². The number of ketones is 1. The van der Waals surface area contributed by atoms with E-state index in [1.54, 1.807) is 54.6 Å². The fourth-order valence-electron chi connectivity index (χ4n) is 3.98. The second kappa shape index (κ2) is 8.09. The summed E-state index contributed by atoms with van der Waals surface area (Å²) in [5.74, 6) is -0.285. The summed E-state index contributed by atoms with van der Waals surface area (Å²) in [7, 11) is 0. The fourth-order valence-corrected chi connectivity index (χ4v) is 4.18. The Morgan fingerprint density at radius 2 is 1.84 bits per heavy atom. The minimum absolute atomic E-state index is 0.0273. The molecule has 1 atom stereocenters. The van der Waals surface area contributed by atoms with E-state index in [9.17, 15) is 14.7 Å². The second-order valence-electron chi connectivity index (χ2n) is 7.42. The van der Waals surface area contributed by atoms with Gasteiger partial charge in [0.05, 0.1) is 24.4 Å². The van der Waals surface area contributed by atoms with Crippen molar-refractivity contribution < 1.29 is 28.6 Å². The minimum Gasteiger partial charge on any atom is -0.507 e. The van der Waals surface area contributed by atoms with Gasteiger partial charge in [-0.05, 0) is 48.0 Å². The number of furan rings is 1. The number of halogens is 1. The van der Waals surface area contributed by atoms with Crippen molar-refractivity contribution in [2.75, 3.05) is 13.2 Å². The van der Waals surface area contributed by atoms with Crippen molar-refractivity contribution in [3.8, 4) is 11.5 Å². The number of amides is 1. The highest BCUT2D eigenvalue weighted by atomic mass is 35.5. The lowest BCUT2D eigenvalue weighted by atomic mass is 9.95. The van der Waals surface area contributed by atoms with E-state index in [4.69, 9.17) is 25.5 Å². The molecule has 32 heavy (non-hydrogen) atoms. The Hall–Kier alpha value is -3.71. The van der Waals surface area contributed by atoms with Gasteiger partial charge in [0.25, 0.3) is 11.7 Å².